The number of methoxy groups -OCH3 is 2. The van der Waals surface area contributed by atoms with Gasteiger partial charge in [0.05, 0.1) is 26.5 Å². The molecule has 4 rings (SSSR count). The lowest BCUT2D eigenvalue weighted by atomic mass is 10.0. The van der Waals surface area contributed by atoms with Crippen molar-refractivity contribution in [3.05, 3.63) is 53.7 Å². The monoisotopic (exact) mass is 398 g/mol. The standard InChI is InChI=1S/C20H26N6O3/c1-24-8-10-25(11-9-24)19(15-6-7-17(27-2)18(13-15)28-3)20-21-22-23-26(20)14-16-5-4-12-29-16/h4-7,12-13,19H,8-11,14H2,1-3H3/t19-/m1/s1. The van der Waals surface area contributed by atoms with Gasteiger partial charge in [0.15, 0.2) is 17.3 Å². The molecule has 1 aliphatic rings. The Morgan fingerprint density at radius 2 is 1.86 bits per heavy atom. The third kappa shape index (κ3) is 4.10. The largest absolute Gasteiger partial charge is 0.493 e. The van der Waals surface area contributed by atoms with Gasteiger partial charge < -0.3 is 18.8 Å². The Morgan fingerprint density at radius 1 is 1.07 bits per heavy atom. The van der Waals surface area contributed by atoms with Crippen molar-refractivity contribution in [2.24, 2.45) is 0 Å². The second kappa shape index (κ2) is 8.62. The zero-order valence-electron chi connectivity index (χ0n) is 17.0. The van der Waals surface area contributed by atoms with E-state index in [1.807, 2.05) is 24.3 Å². The van der Waals surface area contributed by atoms with Gasteiger partial charge in [-0.1, -0.05) is 6.07 Å². The summed E-state index contributed by atoms with van der Waals surface area (Å²) in [5.74, 6) is 2.97. The van der Waals surface area contributed by atoms with Crippen LogP contribution in [0, 0.1) is 0 Å². The summed E-state index contributed by atoms with van der Waals surface area (Å²) in [7, 11) is 5.43. The van der Waals surface area contributed by atoms with E-state index in [9.17, 15) is 0 Å². The van der Waals surface area contributed by atoms with Crippen molar-refractivity contribution in [3.8, 4) is 11.5 Å². The highest BCUT2D eigenvalue weighted by Gasteiger charge is 2.31. The van der Waals surface area contributed by atoms with Gasteiger partial charge in [-0.25, -0.2) is 4.68 Å². The van der Waals surface area contributed by atoms with Crippen LogP contribution >= 0.6 is 0 Å². The molecule has 0 bridgehead atoms. The molecule has 1 fully saturated rings. The molecule has 29 heavy (non-hydrogen) atoms. The maximum absolute atomic E-state index is 5.54. The maximum Gasteiger partial charge on any atom is 0.173 e. The molecule has 0 aliphatic carbocycles. The summed E-state index contributed by atoms with van der Waals surface area (Å²) < 4.78 is 18.3. The Balaban J connectivity index is 1.73. The number of likely N-dealkylation sites (N-methyl/N-ethyl adjacent to an activating group) is 1. The van der Waals surface area contributed by atoms with Gasteiger partial charge in [0.2, 0.25) is 0 Å². The van der Waals surface area contributed by atoms with Crippen LogP contribution in [0.4, 0.5) is 0 Å². The highest BCUT2D eigenvalue weighted by Crippen LogP contribution is 2.35. The number of nitrogens with zero attached hydrogens (tertiary/aromatic N) is 6. The fourth-order valence-electron chi connectivity index (χ4n) is 3.70. The zero-order chi connectivity index (χ0) is 20.2. The van der Waals surface area contributed by atoms with Gasteiger partial charge in [0.1, 0.15) is 12.3 Å². The van der Waals surface area contributed by atoms with E-state index in [1.54, 1.807) is 25.2 Å². The molecule has 0 amide bonds. The molecule has 0 unspecified atom stereocenters. The topological polar surface area (TPSA) is 81.7 Å². The highest BCUT2D eigenvalue weighted by molar-refractivity contribution is 5.45. The van der Waals surface area contributed by atoms with E-state index in [1.165, 1.54) is 0 Å². The van der Waals surface area contributed by atoms with Gasteiger partial charge in [-0.15, -0.1) is 5.10 Å². The fourth-order valence-corrected chi connectivity index (χ4v) is 3.70. The number of rotatable bonds is 7. The van der Waals surface area contributed by atoms with Crippen molar-refractivity contribution in [1.29, 1.82) is 0 Å². The predicted molar refractivity (Wildman–Crippen MR) is 106 cm³/mol. The summed E-state index contributed by atoms with van der Waals surface area (Å²) in [4.78, 5) is 4.74. The number of tetrazole rings is 1. The van der Waals surface area contributed by atoms with Crippen molar-refractivity contribution < 1.29 is 13.9 Å². The molecule has 0 radical (unpaired) electrons. The van der Waals surface area contributed by atoms with Gasteiger partial charge in [-0.3, -0.25) is 4.90 Å². The minimum atomic E-state index is -0.103. The minimum Gasteiger partial charge on any atom is -0.493 e. The molecule has 0 saturated carbocycles. The van der Waals surface area contributed by atoms with Crippen LogP contribution in [-0.2, 0) is 6.54 Å². The average molecular weight is 398 g/mol. The van der Waals surface area contributed by atoms with Crippen LogP contribution < -0.4 is 9.47 Å². The molecule has 3 aromatic rings. The summed E-state index contributed by atoms with van der Waals surface area (Å²) >= 11 is 0. The van der Waals surface area contributed by atoms with Gasteiger partial charge in [0, 0.05) is 26.2 Å². The van der Waals surface area contributed by atoms with Gasteiger partial charge in [-0.05, 0) is 47.3 Å². The summed E-state index contributed by atoms with van der Waals surface area (Å²) in [5.41, 5.74) is 1.06. The third-order valence-electron chi connectivity index (χ3n) is 5.32. The fraction of sp³-hybridized carbons (Fsp3) is 0.450. The van der Waals surface area contributed by atoms with Crippen molar-refractivity contribution >= 4 is 0 Å². The van der Waals surface area contributed by atoms with E-state index in [-0.39, 0.29) is 6.04 Å². The predicted octanol–water partition coefficient (Wildman–Crippen LogP) is 1.67. The molecule has 9 nitrogen and oxygen atoms in total. The summed E-state index contributed by atoms with van der Waals surface area (Å²) in [6.07, 6.45) is 1.66. The maximum atomic E-state index is 5.54. The van der Waals surface area contributed by atoms with Crippen LogP contribution in [0.5, 0.6) is 11.5 Å². The molecule has 9 heteroatoms. The summed E-state index contributed by atoms with van der Waals surface area (Å²) in [6.45, 7) is 4.30. The number of hydrogen-bond acceptors (Lipinski definition) is 8. The lowest BCUT2D eigenvalue weighted by molar-refractivity contribution is 0.121. The summed E-state index contributed by atoms with van der Waals surface area (Å²) in [6, 6.07) is 9.67. The summed E-state index contributed by atoms with van der Waals surface area (Å²) in [5, 5.41) is 12.6. The normalized spacial score (nSPS) is 16.7. The number of piperazine rings is 1. The highest BCUT2D eigenvalue weighted by atomic mass is 16.5. The lowest BCUT2D eigenvalue weighted by Crippen LogP contribution is -2.46. The quantitative estimate of drug-likeness (QED) is 0.595. The van der Waals surface area contributed by atoms with Crippen molar-refractivity contribution in [1.82, 2.24) is 30.0 Å². The van der Waals surface area contributed by atoms with Crippen molar-refractivity contribution in [2.45, 2.75) is 12.6 Å². The number of ether oxygens (including phenoxy) is 2. The van der Waals surface area contributed by atoms with Crippen LogP contribution in [-0.4, -0.2) is 77.5 Å². The van der Waals surface area contributed by atoms with Crippen molar-refractivity contribution in [3.63, 3.8) is 0 Å². The van der Waals surface area contributed by atoms with E-state index in [0.717, 1.165) is 43.3 Å². The number of hydrogen-bond donors (Lipinski definition) is 0. The van der Waals surface area contributed by atoms with Gasteiger partial charge >= 0.3 is 0 Å². The molecular weight excluding hydrogens is 372 g/mol. The molecule has 2 aromatic heterocycles. The van der Waals surface area contributed by atoms with E-state index >= 15 is 0 Å². The first-order chi connectivity index (χ1) is 14.2. The molecule has 0 spiro atoms. The van der Waals surface area contributed by atoms with Crippen LogP contribution in [0.15, 0.2) is 41.0 Å². The Labute approximate surface area is 169 Å². The molecule has 154 valence electrons. The molecular formula is C20H26N6O3. The molecule has 3 heterocycles. The SMILES string of the molecule is COc1ccc([C@H](c2nnnn2Cc2ccco2)N2CCN(C)CC2)cc1OC. The Kier molecular flexibility index (Phi) is 5.77. The van der Waals surface area contributed by atoms with Crippen LogP contribution in [0.2, 0.25) is 0 Å². The molecule has 1 saturated heterocycles. The smallest absolute Gasteiger partial charge is 0.173 e. The van der Waals surface area contributed by atoms with E-state index < -0.39 is 0 Å². The van der Waals surface area contributed by atoms with E-state index in [0.29, 0.717) is 18.0 Å². The van der Waals surface area contributed by atoms with Gasteiger partial charge in [0.25, 0.3) is 0 Å². The van der Waals surface area contributed by atoms with Crippen LogP contribution in [0.25, 0.3) is 0 Å². The lowest BCUT2D eigenvalue weighted by Gasteiger charge is -2.37. The second-order valence-corrected chi connectivity index (χ2v) is 7.13. The Hall–Kier alpha value is -2.91. The first kappa shape index (κ1) is 19.4. The zero-order valence-corrected chi connectivity index (χ0v) is 17.0. The molecule has 1 atom stereocenters. The average Bonchev–Trinajstić information content (AvgIpc) is 3.42. The van der Waals surface area contributed by atoms with E-state index in [4.69, 9.17) is 13.9 Å². The van der Waals surface area contributed by atoms with Crippen LogP contribution in [0.3, 0.4) is 0 Å². The number of benzene rings is 1. The first-order valence-electron chi connectivity index (χ1n) is 9.62. The molecule has 0 N–H and O–H groups in total. The first-order valence-corrected chi connectivity index (χ1v) is 9.62. The van der Waals surface area contributed by atoms with Gasteiger partial charge in [-0.2, -0.15) is 0 Å². The molecule has 1 aromatic carbocycles. The van der Waals surface area contributed by atoms with Crippen LogP contribution in [0.1, 0.15) is 23.2 Å². The number of aromatic nitrogens is 4. The Bertz CT molecular complexity index is 918. The van der Waals surface area contributed by atoms with E-state index in [2.05, 4.69) is 38.4 Å². The van der Waals surface area contributed by atoms with Crippen molar-refractivity contribution in [2.75, 3.05) is 47.4 Å². The molecule has 1 aliphatic heterocycles. The second-order valence-electron chi connectivity index (χ2n) is 7.13. The number of furan rings is 1. The minimum absolute atomic E-state index is 0.103. The Morgan fingerprint density at radius 3 is 2.55 bits per heavy atom. The third-order valence-corrected chi connectivity index (χ3v) is 5.32.